The van der Waals surface area contributed by atoms with E-state index in [1.165, 1.54) is 4.90 Å². The molecule has 1 aromatic rings. The molecule has 2 rings (SSSR count). The van der Waals surface area contributed by atoms with Crippen molar-refractivity contribution in [3.63, 3.8) is 0 Å². The minimum Gasteiger partial charge on any atom is -0.480 e. The Kier molecular flexibility index (Phi) is 4.42. The summed E-state index contributed by atoms with van der Waals surface area (Å²) in [6.45, 7) is 4.39. The highest BCUT2D eigenvalue weighted by Gasteiger charge is 2.31. The number of nitrogens with zero attached hydrogens (tertiary/aromatic N) is 2. The van der Waals surface area contributed by atoms with Crippen LogP contribution in [0.5, 0.6) is 0 Å². The Bertz CT molecular complexity index is 490. The van der Waals surface area contributed by atoms with E-state index in [4.69, 9.17) is 0 Å². The van der Waals surface area contributed by atoms with Gasteiger partial charge in [-0.1, -0.05) is 0 Å². The SMILES string of the molecule is Cc1n[nH]c(C)c1CCC(=O)N1CCCC[C@@H]1C(=O)O. The predicted molar refractivity (Wildman–Crippen MR) is 73.4 cm³/mol. The summed E-state index contributed by atoms with van der Waals surface area (Å²) in [6, 6.07) is -0.650. The maximum absolute atomic E-state index is 12.3. The van der Waals surface area contributed by atoms with Crippen LogP contribution in [0.4, 0.5) is 0 Å². The fraction of sp³-hybridized carbons (Fsp3) is 0.643. The molecule has 1 aromatic heterocycles. The van der Waals surface area contributed by atoms with Crippen molar-refractivity contribution in [3.8, 4) is 0 Å². The lowest BCUT2D eigenvalue weighted by molar-refractivity contribution is -0.152. The minimum absolute atomic E-state index is 0.0721. The normalized spacial score (nSPS) is 19.1. The van der Waals surface area contributed by atoms with Crippen molar-refractivity contribution in [2.75, 3.05) is 6.54 Å². The molecule has 0 bridgehead atoms. The maximum Gasteiger partial charge on any atom is 0.326 e. The molecule has 110 valence electrons. The van der Waals surface area contributed by atoms with Gasteiger partial charge in [-0.05, 0) is 45.1 Å². The maximum atomic E-state index is 12.3. The summed E-state index contributed by atoms with van der Waals surface area (Å²) in [6.07, 6.45) is 3.27. The number of amides is 1. The molecule has 6 nitrogen and oxygen atoms in total. The number of aromatic nitrogens is 2. The van der Waals surface area contributed by atoms with Crippen molar-refractivity contribution in [2.24, 2.45) is 0 Å². The molecule has 2 N–H and O–H groups in total. The van der Waals surface area contributed by atoms with Crippen LogP contribution < -0.4 is 0 Å². The van der Waals surface area contributed by atoms with Gasteiger partial charge in [0, 0.05) is 18.7 Å². The molecule has 0 unspecified atom stereocenters. The third-order valence-electron chi connectivity index (χ3n) is 3.98. The Hall–Kier alpha value is -1.85. The van der Waals surface area contributed by atoms with Crippen LogP contribution in [0.1, 0.15) is 42.6 Å². The van der Waals surface area contributed by atoms with Gasteiger partial charge in [-0.15, -0.1) is 0 Å². The van der Waals surface area contributed by atoms with E-state index in [9.17, 15) is 14.7 Å². The number of H-pyrrole nitrogens is 1. The quantitative estimate of drug-likeness (QED) is 0.872. The topological polar surface area (TPSA) is 86.3 Å². The molecule has 1 aliphatic heterocycles. The van der Waals surface area contributed by atoms with E-state index in [1.54, 1.807) is 0 Å². The third-order valence-corrected chi connectivity index (χ3v) is 3.98. The number of aromatic amines is 1. The van der Waals surface area contributed by atoms with Gasteiger partial charge < -0.3 is 10.0 Å². The number of carboxylic acids is 1. The van der Waals surface area contributed by atoms with E-state index < -0.39 is 12.0 Å². The van der Waals surface area contributed by atoms with Gasteiger partial charge in [-0.25, -0.2) is 4.79 Å². The van der Waals surface area contributed by atoms with E-state index in [2.05, 4.69) is 10.2 Å². The molecule has 6 heteroatoms. The van der Waals surface area contributed by atoms with Gasteiger partial charge in [0.1, 0.15) is 6.04 Å². The van der Waals surface area contributed by atoms with Crippen LogP contribution in [0.3, 0.4) is 0 Å². The molecule has 1 atom stereocenters. The summed E-state index contributed by atoms with van der Waals surface area (Å²) >= 11 is 0. The van der Waals surface area contributed by atoms with Gasteiger partial charge in [-0.2, -0.15) is 5.10 Å². The van der Waals surface area contributed by atoms with Crippen molar-refractivity contribution in [1.29, 1.82) is 0 Å². The first-order chi connectivity index (χ1) is 9.50. The fourth-order valence-corrected chi connectivity index (χ4v) is 2.80. The zero-order chi connectivity index (χ0) is 14.7. The molecule has 0 spiro atoms. The lowest BCUT2D eigenvalue weighted by atomic mass is 10.0. The molecular formula is C14H21N3O3. The average Bonchev–Trinajstić information content (AvgIpc) is 2.75. The fourth-order valence-electron chi connectivity index (χ4n) is 2.80. The number of hydrogen-bond acceptors (Lipinski definition) is 3. The highest BCUT2D eigenvalue weighted by Crippen LogP contribution is 2.19. The summed E-state index contributed by atoms with van der Waals surface area (Å²) in [5.74, 6) is -0.967. The smallest absolute Gasteiger partial charge is 0.326 e. The van der Waals surface area contributed by atoms with Crippen LogP contribution in [0.25, 0.3) is 0 Å². The second-order valence-corrected chi connectivity index (χ2v) is 5.35. The van der Waals surface area contributed by atoms with Crippen LogP contribution in [0, 0.1) is 13.8 Å². The molecule has 0 saturated carbocycles. The Morgan fingerprint density at radius 3 is 2.75 bits per heavy atom. The van der Waals surface area contributed by atoms with Crippen molar-refractivity contribution < 1.29 is 14.7 Å². The second-order valence-electron chi connectivity index (χ2n) is 5.35. The van der Waals surface area contributed by atoms with Gasteiger partial charge in [-0.3, -0.25) is 9.89 Å². The molecule has 1 aliphatic rings. The monoisotopic (exact) mass is 279 g/mol. The molecule has 20 heavy (non-hydrogen) atoms. The molecule has 2 heterocycles. The first kappa shape index (κ1) is 14.6. The number of piperidine rings is 1. The molecule has 1 amide bonds. The summed E-state index contributed by atoms with van der Waals surface area (Å²) in [5.41, 5.74) is 2.94. The molecule has 0 aromatic carbocycles. The highest BCUT2D eigenvalue weighted by molar-refractivity contribution is 5.84. The van der Waals surface area contributed by atoms with Crippen LogP contribution in [-0.2, 0) is 16.0 Å². The van der Waals surface area contributed by atoms with Gasteiger partial charge in [0.15, 0.2) is 0 Å². The number of carbonyl (C=O) groups excluding carboxylic acids is 1. The number of carboxylic acid groups (broad SMARTS) is 1. The predicted octanol–water partition coefficient (Wildman–Crippen LogP) is 1.42. The Labute approximate surface area is 118 Å². The van der Waals surface area contributed by atoms with Crippen LogP contribution in [0.15, 0.2) is 0 Å². The number of hydrogen-bond donors (Lipinski definition) is 2. The Balaban J connectivity index is 1.98. The minimum atomic E-state index is -0.895. The molecule has 0 radical (unpaired) electrons. The lowest BCUT2D eigenvalue weighted by Crippen LogP contribution is -2.48. The summed E-state index contributed by atoms with van der Waals surface area (Å²) < 4.78 is 0. The van der Waals surface area contributed by atoms with Gasteiger partial charge >= 0.3 is 5.97 Å². The van der Waals surface area contributed by atoms with E-state index in [-0.39, 0.29) is 5.91 Å². The van der Waals surface area contributed by atoms with Crippen molar-refractivity contribution in [2.45, 2.75) is 52.0 Å². The first-order valence-electron chi connectivity index (χ1n) is 7.03. The van der Waals surface area contributed by atoms with E-state index in [1.807, 2.05) is 13.8 Å². The number of rotatable bonds is 4. The van der Waals surface area contributed by atoms with Gasteiger partial charge in [0.2, 0.25) is 5.91 Å². The van der Waals surface area contributed by atoms with E-state index >= 15 is 0 Å². The summed E-state index contributed by atoms with van der Waals surface area (Å²) in [4.78, 5) is 25.0. The lowest BCUT2D eigenvalue weighted by Gasteiger charge is -2.33. The standard InChI is InChI=1S/C14H21N3O3/c1-9-11(10(2)16-15-9)6-7-13(18)17-8-4-3-5-12(17)14(19)20/h12H,3-8H2,1-2H3,(H,15,16)(H,19,20)/t12-/m1/s1. The molecular weight excluding hydrogens is 258 g/mol. The van der Waals surface area contributed by atoms with E-state index in [0.29, 0.717) is 25.8 Å². The number of aliphatic carboxylic acids is 1. The number of aryl methyl sites for hydroxylation is 2. The van der Waals surface area contributed by atoms with Crippen molar-refractivity contribution in [1.82, 2.24) is 15.1 Å². The molecule has 1 saturated heterocycles. The molecule has 0 aliphatic carbocycles. The summed E-state index contributed by atoms with van der Waals surface area (Å²) in [5, 5.41) is 16.2. The van der Waals surface area contributed by atoms with Gasteiger partial charge in [0.05, 0.1) is 5.69 Å². The van der Waals surface area contributed by atoms with Crippen LogP contribution >= 0.6 is 0 Å². The first-order valence-corrected chi connectivity index (χ1v) is 7.03. The number of carbonyl (C=O) groups is 2. The largest absolute Gasteiger partial charge is 0.480 e. The van der Waals surface area contributed by atoms with Crippen LogP contribution in [-0.4, -0.2) is 44.7 Å². The number of likely N-dealkylation sites (tertiary alicyclic amines) is 1. The number of nitrogens with one attached hydrogen (secondary N) is 1. The Morgan fingerprint density at radius 2 is 2.15 bits per heavy atom. The van der Waals surface area contributed by atoms with Crippen LogP contribution in [0.2, 0.25) is 0 Å². The second kappa shape index (κ2) is 6.07. The van der Waals surface area contributed by atoms with Crippen molar-refractivity contribution in [3.05, 3.63) is 17.0 Å². The zero-order valence-electron chi connectivity index (χ0n) is 12.0. The van der Waals surface area contributed by atoms with E-state index in [0.717, 1.165) is 29.8 Å². The Morgan fingerprint density at radius 1 is 1.40 bits per heavy atom. The summed E-state index contributed by atoms with van der Waals surface area (Å²) in [7, 11) is 0. The average molecular weight is 279 g/mol. The van der Waals surface area contributed by atoms with Gasteiger partial charge in [0.25, 0.3) is 0 Å². The van der Waals surface area contributed by atoms with Crippen molar-refractivity contribution >= 4 is 11.9 Å². The molecule has 1 fully saturated rings. The third kappa shape index (κ3) is 3.00. The highest BCUT2D eigenvalue weighted by atomic mass is 16.4. The zero-order valence-corrected chi connectivity index (χ0v) is 12.0.